The standard InChI is InChI=1S/C13H14N2O2S/c1-9-7-11(10(2)18-9)8-14-12-5-3-4-6-13(12)15(16)17/h3-7,14H,8H2,1-2H3. The number of nitro benzene ring substituents is 1. The van der Waals surface area contributed by atoms with E-state index in [2.05, 4.69) is 25.2 Å². The van der Waals surface area contributed by atoms with Crippen molar-refractivity contribution in [2.24, 2.45) is 0 Å². The van der Waals surface area contributed by atoms with E-state index in [0.29, 0.717) is 12.2 Å². The molecule has 0 saturated heterocycles. The maximum absolute atomic E-state index is 10.9. The number of para-hydroxylation sites is 2. The molecule has 0 fully saturated rings. The summed E-state index contributed by atoms with van der Waals surface area (Å²) in [5.74, 6) is 0. The largest absolute Gasteiger partial charge is 0.375 e. The van der Waals surface area contributed by atoms with Crippen LogP contribution in [-0.2, 0) is 6.54 Å². The van der Waals surface area contributed by atoms with Gasteiger partial charge in [0.05, 0.1) is 4.92 Å². The number of anilines is 1. The number of nitro groups is 1. The molecule has 0 bridgehead atoms. The molecule has 18 heavy (non-hydrogen) atoms. The van der Waals surface area contributed by atoms with Crippen molar-refractivity contribution in [2.45, 2.75) is 20.4 Å². The number of nitrogens with one attached hydrogen (secondary N) is 1. The number of rotatable bonds is 4. The number of hydrogen-bond acceptors (Lipinski definition) is 4. The maximum atomic E-state index is 10.9. The second-order valence-electron chi connectivity index (χ2n) is 4.07. The third-order valence-electron chi connectivity index (χ3n) is 2.71. The van der Waals surface area contributed by atoms with Crippen LogP contribution in [0.2, 0.25) is 0 Å². The molecular weight excluding hydrogens is 248 g/mol. The highest BCUT2D eigenvalue weighted by atomic mass is 32.1. The smallest absolute Gasteiger partial charge is 0.292 e. The van der Waals surface area contributed by atoms with Crippen molar-refractivity contribution in [3.63, 3.8) is 0 Å². The normalized spacial score (nSPS) is 10.3. The van der Waals surface area contributed by atoms with Gasteiger partial charge in [0.1, 0.15) is 5.69 Å². The molecule has 0 radical (unpaired) electrons. The molecule has 0 aliphatic carbocycles. The van der Waals surface area contributed by atoms with Crippen LogP contribution in [0.15, 0.2) is 30.3 Å². The topological polar surface area (TPSA) is 55.2 Å². The fourth-order valence-corrected chi connectivity index (χ4v) is 2.78. The first kappa shape index (κ1) is 12.6. The molecule has 0 aliphatic rings. The molecule has 0 spiro atoms. The average molecular weight is 262 g/mol. The van der Waals surface area contributed by atoms with Crippen molar-refractivity contribution in [1.29, 1.82) is 0 Å². The van der Waals surface area contributed by atoms with Gasteiger partial charge in [-0.15, -0.1) is 11.3 Å². The summed E-state index contributed by atoms with van der Waals surface area (Å²) >= 11 is 1.74. The highest BCUT2D eigenvalue weighted by Gasteiger charge is 2.12. The van der Waals surface area contributed by atoms with Crippen LogP contribution >= 0.6 is 11.3 Å². The minimum Gasteiger partial charge on any atom is -0.375 e. The monoisotopic (exact) mass is 262 g/mol. The number of benzene rings is 1. The molecule has 0 atom stereocenters. The van der Waals surface area contributed by atoms with Crippen molar-refractivity contribution in [3.05, 3.63) is 55.8 Å². The first-order chi connectivity index (χ1) is 8.58. The van der Waals surface area contributed by atoms with Gasteiger partial charge in [-0.25, -0.2) is 0 Å². The molecule has 5 heteroatoms. The van der Waals surface area contributed by atoms with Crippen molar-refractivity contribution < 1.29 is 4.92 Å². The summed E-state index contributed by atoms with van der Waals surface area (Å²) in [6.45, 7) is 4.74. The molecule has 0 amide bonds. The van der Waals surface area contributed by atoms with E-state index in [1.54, 1.807) is 29.5 Å². The fourth-order valence-electron chi connectivity index (χ4n) is 1.83. The van der Waals surface area contributed by atoms with Crippen LogP contribution in [0.4, 0.5) is 11.4 Å². The second-order valence-corrected chi connectivity index (χ2v) is 5.53. The summed E-state index contributed by atoms with van der Waals surface area (Å²) in [7, 11) is 0. The predicted octanol–water partition coefficient (Wildman–Crippen LogP) is 3.89. The van der Waals surface area contributed by atoms with E-state index < -0.39 is 0 Å². The van der Waals surface area contributed by atoms with E-state index in [9.17, 15) is 10.1 Å². The quantitative estimate of drug-likeness (QED) is 0.672. The van der Waals surface area contributed by atoms with Crippen LogP contribution in [0.1, 0.15) is 15.3 Å². The Kier molecular flexibility index (Phi) is 3.62. The molecule has 1 aromatic heterocycles. The van der Waals surface area contributed by atoms with E-state index in [1.165, 1.54) is 21.4 Å². The molecular formula is C13H14N2O2S. The van der Waals surface area contributed by atoms with Crippen LogP contribution in [0, 0.1) is 24.0 Å². The first-order valence-electron chi connectivity index (χ1n) is 5.61. The van der Waals surface area contributed by atoms with Crippen molar-refractivity contribution in [3.8, 4) is 0 Å². The summed E-state index contributed by atoms with van der Waals surface area (Å²) < 4.78 is 0. The zero-order chi connectivity index (χ0) is 13.1. The van der Waals surface area contributed by atoms with E-state index in [-0.39, 0.29) is 10.6 Å². The highest BCUT2D eigenvalue weighted by Crippen LogP contribution is 2.26. The molecule has 0 aliphatic heterocycles. The van der Waals surface area contributed by atoms with Gasteiger partial charge in [-0.3, -0.25) is 10.1 Å². The highest BCUT2D eigenvalue weighted by molar-refractivity contribution is 7.12. The lowest BCUT2D eigenvalue weighted by atomic mass is 10.2. The van der Waals surface area contributed by atoms with Gasteiger partial charge in [0, 0.05) is 22.4 Å². The lowest BCUT2D eigenvalue weighted by molar-refractivity contribution is -0.384. The van der Waals surface area contributed by atoms with Crippen LogP contribution in [0.3, 0.4) is 0 Å². The molecule has 4 nitrogen and oxygen atoms in total. The van der Waals surface area contributed by atoms with E-state index in [0.717, 1.165) is 0 Å². The predicted molar refractivity (Wildman–Crippen MR) is 74.2 cm³/mol. The van der Waals surface area contributed by atoms with E-state index in [4.69, 9.17) is 0 Å². The van der Waals surface area contributed by atoms with Gasteiger partial charge < -0.3 is 5.32 Å². The van der Waals surface area contributed by atoms with Crippen LogP contribution in [-0.4, -0.2) is 4.92 Å². The SMILES string of the molecule is Cc1cc(CNc2ccccc2[N+](=O)[O-])c(C)s1. The Labute approximate surface area is 109 Å². The average Bonchev–Trinajstić information content (AvgIpc) is 2.65. The number of thiophene rings is 1. The lowest BCUT2D eigenvalue weighted by Gasteiger charge is -2.06. The summed E-state index contributed by atoms with van der Waals surface area (Å²) in [5.41, 5.74) is 1.86. The fraction of sp³-hybridized carbons (Fsp3) is 0.231. The molecule has 2 aromatic rings. The maximum Gasteiger partial charge on any atom is 0.292 e. The molecule has 1 heterocycles. The number of aryl methyl sites for hydroxylation is 2. The van der Waals surface area contributed by atoms with Gasteiger partial charge in [0.15, 0.2) is 0 Å². The van der Waals surface area contributed by atoms with Crippen LogP contribution in [0.25, 0.3) is 0 Å². The number of nitrogens with zero attached hydrogens (tertiary/aromatic N) is 1. The molecule has 0 saturated carbocycles. The lowest BCUT2D eigenvalue weighted by Crippen LogP contribution is -2.02. The molecule has 1 N–H and O–H groups in total. The summed E-state index contributed by atoms with van der Waals surface area (Å²) in [6.07, 6.45) is 0. The van der Waals surface area contributed by atoms with Gasteiger partial charge >= 0.3 is 0 Å². The van der Waals surface area contributed by atoms with Crippen molar-refractivity contribution in [1.82, 2.24) is 0 Å². The third kappa shape index (κ3) is 2.68. The molecule has 1 aromatic carbocycles. The second kappa shape index (κ2) is 5.18. The van der Waals surface area contributed by atoms with Crippen molar-refractivity contribution >= 4 is 22.7 Å². The van der Waals surface area contributed by atoms with Gasteiger partial charge in [-0.05, 0) is 31.5 Å². The molecule has 94 valence electrons. The Morgan fingerprint density at radius 2 is 2.06 bits per heavy atom. The zero-order valence-electron chi connectivity index (χ0n) is 10.3. The van der Waals surface area contributed by atoms with E-state index in [1.807, 2.05) is 0 Å². The zero-order valence-corrected chi connectivity index (χ0v) is 11.1. The first-order valence-corrected chi connectivity index (χ1v) is 6.43. The number of hydrogen-bond donors (Lipinski definition) is 1. The molecule has 2 rings (SSSR count). The van der Waals surface area contributed by atoms with Crippen LogP contribution in [0.5, 0.6) is 0 Å². The Morgan fingerprint density at radius 3 is 2.67 bits per heavy atom. The van der Waals surface area contributed by atoms with Gasteiger partial charge in [0.2, 0.25) is 0 Å². The van der Waals surface area contributed by atoms with E-state index >= 15 is 0 Å². The van der Waals surface area contributed by atoms with Gasteiger partial charge in [-0.1, -0.05) is 12.1 Å². The van der Waals surface area contributed by atoms with Crippen molar-refractivity contribution in [2.75, 3.05) is 5.32 Å². The Hall–Kier alpha value is -1.88. The molecule has 0 unspecified atom stereocenters. The Balaban J connectivity index is 2.15. The summed E-state index contributed by atoms with van der Waals surface area (Å²) in [4.78, 5) is 13.0. The van der Waals surface area contributed by atoms with Crippen LogP contribution < -0.4 is 5.32 Å². The Morgan fingerprint density at radius 1 is 1.33 bits per heavy atom. The minimum atomic E-state index is -0.367. The van der Waals surface area contributed by atoms with Gasteiger partial charge in [0.25, 0.3) is 5.69 Å². The minimum absolute atomic E-state index is 0.113. The summed E-state index contributed by atoms with van der Waals surface area (Å²) in [5, 5.41) is 14.0. The third-order valence-corrected chi connectivity index (χ3v) is 3.72. The summed E-state index contributed by atoms with van der Waals surface area (Å²) in [6, 6.07) is 8.81. The van der Waals surface area contributed by atoms with Gasteiger partial charge in [-0.2, -0.15) is 0 Å². The Bertz CT molecular complexity index is 578.